The molecular formula is C16H20N4. The number of hydrogen-bond acceptors (Lipinski definition) is 3. The number of nitriles is 1. The Morgan fingerprint density at radius 2 is 2.10 bits per heavy atom. The van der Waals surface area contributed by atoms with Gasteiger partial charge in [-0.15, -0.1) is 0 Å². The van der Waals surface area contributed by atoms with Gasteiger partial charge >= 0.3 is 0 Å². The number of imidazole rings is 1. The first-order chi connectivity index (χ1) is 9.66. The van der Waals surface area contributed by atoms with Gasteiger partial charge in [0.15, 0.2) is 0 Å². The summed E-state index contributed by atoms with van der Waals surface area (Å²) in [4.78, 5) is 4.04. The maximum Gasteiger partial charge on any atom is 0.134 e. The molecule has 1 unspecified atom stereocenters. The first-order valence-electron chi connectivity index (χ1n) is 6.86. The molecule has 104 valence electrons. The van der Waals surface area contributed by atoms with E-state index in [9.17, 15) is 5.26 Å². The van der Waals surface area contributed by atoms with Crippen molar-refractivity contribution in [3.05, 3.63) is 54.6 Å². The number of hydrogen-bond donors (Lipinski definition) is 1. The molecule has 0 saturated carbocycles. The van der Waals surface area contributed by atoms with Gasteiger partial charge in [0, 0.05) is 31.4 Å². The molecule has 1 N–H and O–H groups in total. The Morgan fingerprint density at radius 3 is 2.65 bits per heavy atom. The van der Waals surface area contributed by atoms with E-state index < -0.39 is 5.54 Å². The number of aryl methyl sites for hydroxylation is 1. The van der Waals surface area contributed by atoms with Gasteiger partial charge in [-0.25, -0.2) is 4.98 Å². The lowest BCUT2D eigenvalue weighted by Gasteiger charge is -2.31. The summed E-state index contributed by atoms with van der Waals surface area (Å²) in [6.07, 6.45) is 6.15. The maximum absolute atomic E-state index is 9.77. The van der Waals surface area contributed by atoms with Crippen molar-refractivity contribution in [3.8, 4) is 6.07 Å². The minimum Gasteiger partial charge on any atom is -0.337 e. The third-order valence-electron chi connectivity index (χ3n) is 3.30. The molecule has 1 aromatic heterocycles. The van der Waals surface area contributed by atoms with E-state index in [2.05, 4.69) is 30.2 Å². The predicted molar refractivity (Wildman–Crippen MR) is 78.8 cm³/mol. The molecule has 0 aliphatic rings. The molecule has 0 spiro atoms. The van der Waals surface area contributed by atoms with E-state index in [0.717, 1.165) is 12.1 Å². The van der Waals surface area contributed by atoms with E-state index in [0.29, 0.717) is 6.42 Å². The van der Waals surface area contributed by atoms with Gasteiger partial charge in [-0.05, 0) is 19.4 Å². The topological polar surface area (TPSA) is 53.6 Å². The highest BCUT2D eigenvalue weighted by molar-refractivity contribution is 5.31. The van der Waals surface area contributed by atoms with Crippen LogP contribution in [0.25, 0.3) is 0 Å². The Bertz CT molecular complexity index is 554. The summed E-state index contributed by atoms with van der Waals surface area (Å²) in [5, 5.41) is 13.2. The molecule has 0 aliphatic heterocycles. The summed E-state index contributed by atoms with van der Waals surface area (Å²) in [5.74, 6) is 0. The van der Waals surface area contributed by atoms with Crippen LogP contribution in [0.3, 0.4) is 0 Å². The van der Waals surface area contributed by atoms with Gasteiger partial charge in [-0.3, -0.25) is 5.32 Å². The molecule has 0 bridgehead atoms. The van der Waals surface area contributed by atoms with E-state index in [4.69, 9.17) is 0 Å². The fourth-order valence-corrected chi connectivity index (χ4v) is 2.38. The minimum absolute atomic E-state index is 0.234. The second kappa shape index (κ2) is 6.36. The molecule has 0 saturated heterocycles. The van der Waals surface area contributed by atoms with E-state index >= 15 is 0 Å². The van der Waals surface area contributed by atoms with Gasteiger partial charge in [0.2, 0.25) is 0 Å². The quantitative estimate of drug-likeness (QED) is 0.876. The molecule has 20 heavy (non-hydrogen) atoms. The molecule has 1 aromatic carbocycles. The van der Waals surface area contributed by atoms with Gasteiger partial charge < -0.3 is 4.57 Å². The van der Waals surface area contributed by atoms with Crippen LogP contribution in [0.15, 0.2) is 49.1 Å². The zero-order valence-electron chi connectivity index (χ0n) is 12.0. The highest BCUT2D eigenvalue weighted by atomic mass is 15.0. The third-order valence-corrected chi connectivity index (χ3v) is 3.30. The third kappa shape index (κ3) is 3.25. The smallest absolute Gasteiger partial charge is 0.134 e. The fraction of sp³-hybridized carbons (Fsp3) is 0.375. The van der Waals surface area contributed by atoms with Crippen LogP contribution in [-0.4, -0.2) is 15.6 Å². The average molecular weight is 268 g/mol. The summed E-state index contributed by atoms with van der Waals surface area (Å²) < 4.78 is 2.00. The van der Waals surface area contributed by atoms with Crippen LogP contribution in [-0.2, 0) is 12.1 Å². The summed E-state index contributed by atoms with van der Waals surface area (Å²) >= 11 is 0. The van der Waals surface area contributed by atoms with Crippen LogP contribution in [0.4, 0.5) is 0 Å². The standard InChI is InChI=1S/C16H20N4/c1-14(2)19-16(12-17,15-6-4-3-5-7-15)8-10-20-11-9-18-13-20/h3-7,9,11,13-14,19H,8,10H2,1-2H3. The first kappa shape index (κ1) is 14.3. The number of nitrogens with one attached hydrogen (secondary N) is 1. The molecule has 4 heteroatoms. The second-order valence-electron chi connectivity index (χ2n) is 5.23. The van der Waals surface area contributed by atoms with Crippen LogP contribution in [0.1, 0.15) is 25.8 Å². The van der Waals surface area contributed by atoms with Gasteiger partial charge in [-0.2, -0.15) is 5.26 Å². The van der Waals surface area contributed by atoms with Crippen molar-refractivity contribution in [3.63, 3.8) is 0 Å². The van der Waals surface area contributed by atoms with Crippen molar-refractivity contribution in [1.29, 1.82) is 5.26 Å². The van der Waals surface area contributed by atoms with Gasteiger partial charge in [0.1, 0.15) is 5.54 Å². The largest absolute Gasteiger partial charge is 0.337 e. The van der Waals surface area contributed by atoms with E-state index in [1.165, 1.54) is 0 Å². The van der Waals surface area contributed by atoms with Crippen LogP contribution in [0.2, 0.25) is 0 Å². The average Bonchev–Trinajstić information content (AvgIpc) is 2.97. The fourth-order valence-electron chi connectivity index (χ4n) is 2.38. The molecule has 0 amide bonds. The van der Waals surface area contributed by atoms with E-state index in [1.54, 1.807) is 12.5 Å². The summed E-state index contributed by atoms with van der Waals surface area (Å²) in [6.45, 7) is 4.88. The van der Waals surface area contributed by atoms with Crippen molar-refractivity contribution < 1.29 is 0 Å². The van der Waals surface area contributed by atoms with Crippen LogP contribution in [0.5, 0.6) is 0 Å². The van der Waals surface area contributed by atoms with Crippen LogP contribution < -0.4 is 5.32 Å². The Balaban J connectivity index is 2.25. The lowest BCUT2D eigenvalue weighted by Crippen LogP contribution is -2.45. The zero-order valence-corrected chi connectivity index (χ0v) is 12.0. The Labute approximate surface area is 120 Å². The lowest BCUT2D eigenvalue weighted by molar-refractivity contribution is 0.344. The maximum atomic E-state index is 9.77. The minimum atomic E-state index is -0.667. The Hall–Kier alpha value is -2.12. The molecular weight excluding hydrogens is 248 g/mol. The van der Waals surface area contributed by atoms with Crippen molar-refractivity contribution >= 4 is 0 Å². The summed E-state index contributed by atoms with van der Waals surface area (Å²) in [5.41, 5.74) is 0.344. The lowest BCUT2D eigenvalue weighted by atomic mass is 9.87. The van der Waals surface area contributed by atoms with Crippen molar-refractivity contribution in [2.45, 2.75) is 38.4 Å². The SMILES string of the molecule is CC(C)NC(C#N)(CCn1ccnc1)c1ccccc1. The predicted octanol–water partition coefficient (Wildman–Crippen LogP) is 2.69. The summed E-state index contributed by atoms with van der Waals surface area (Å²) in [7, 11) is 0. The van der Waals surface area contributed by atoms with Gasteiger partial charge in [0.05, 0.1) is 12.4 Å². The first-order valence-corrected chi connectivity index (χ1v) is 6.86. The van der Waals surface area contributed by atoms with Crippen molar-refractivity contribution in [1.82, 2.24) is 14.9 Å². The molecule has 0 fully saturated rings. The van der Waals surface area contributed by atoms with E-state index in [1.807, 2.05) is 41.1 Å². The molecule has 4 nitrogen and oxygen atoms in total. The monoisotopic (exact) mass is 268 g/mol. The second-order valence-corrected chi connectivity index (χ2v) is 5.23. The number of rotatable bonds is 6. The molecule has 0 aliphatic carbocycles. The molecule has 2 rings (SSSR count). The van der Waals surface area contributed by atoms with Crippen molar-refractivity contribution in [2.24, 2.45) is 0 Å². The zero-order chi connectivity index (χ0) is 14.4. The Morgan fingerprint density at radius 1 is 1.35 bits per heavy atom. The van der Waals surface area contributed by atoms with Crippen LogP contribution >= 0.6 is 0 Å². The molecule has 2 aromatic rings. The molecule has 0 radical (unpaired) electrons. The van der Waals surface area contributed by atoms with Crippen molar-refractivity contribution in [2.75, 3.05) is 0 Å². The summed E-state index contributed by atoms with van der Waals surface area (Å²) in [6, 6.07) is 12.6. The molecule has 1 atom stereocenters. The van der Waals surface area contributed by atoms with Gasteiger partial charge in [-0.1, -0.05) is 30.3 Å². The number of benzene rings is 1. The van der Waals surface area contributed by atoms with Crippen LogP contribution in [0, 0.1) is 11.3 Å². The van der Waals surface area contributed by atoms with Gasteiger partial charge in [0.25, 0.3) is 0 Å². The highest BCUT2D eigenvalue weighted by Gasteiger charge is 2.32. The van der Waals surface area contributed by atoms with E-state index in [-0.39, 0.29) is 6.04 Å². The number of aromatic nitrogens is 2. The highest BCUT2D eigenvalue weighted by Crippen LogP contribution is 2.26. The Kier molecular flexibility index (Phi) is 4.54. The molecule has 1 heterocycles. The number of nitrogens with zero attached hydrogens (tertiary/aromatic N) is 3. The normalized spacial score (nSPS) is 13.9.